The maximum atomic E-state index is 12.3. The predicted octanol–water partition coefficient (Wildman–Crippen LogP) is 2.41. The molecule has 0 unspecified atom stereocenters. The third-order valence-corrected chi connectivity index (χ3v) is 5.63. The molecule has 7 heteroatoms. The Morgan fingerprint density at radius 2 is 1.56 bits per heavy atom. The van der Waals surface area contributed by atoms with Gasteiger partial charge in [0.15, 0.2) is 0 Å². The Morgan fingerprint density at radius 1 is 1.00 bits per heavy atom. The van der Waals surface area contributed by atoms with E-state index in [9.17, 15) is 19.5 Å². The fourth-order valence-electron chi connectivity index (χ4n) is 3.97. The molecule has 1 aromatic rings. The second-order valence-corrected chi connectivity index (χ2v) is 8.07. The van der Waals surface area contributed by atoms with Gasteiger partial charge in [0, 0.05) is 11.4 Å². The van der Waals surface area contributed by atoms with Gasteiger partial charge in [-0.2, -0.15) is 0 Å². The first-order valence-electron chi connectivity index (χ1n) is 9.45. The van der Waals surface area contributed by atoms with Crippen LogP contribution in [0.1, 0.15) is 33.1 Å². The third kappa shape index (κ3) is 4.47. The average molecular weight is 373 g/mol. The Hall–Kier alpha value is -2.41. The van der Waals surface area contributed by atoms with E-state index in [1.165, 1.54) is 6.42 Å². The molecule has 0 spiro atoms. The average Bonchev–Trinajstić information content (AvgIpc) is 3.20. The Morgan fingerprint density at radius 3 is 2.07 bits per heavy atom. The first-order valence-corrected chi connectivity index (χ1v) is 9.45. The lowest BCUT2D eigenvalue weighted by Crippen LogP contribution is -2.36. The summed E-state index contributed by atoms with van der Waals surface area (Å²) in [5.74, 6) is -2.44. The van der Waals surface area contributed by atoms with Gasteiger partial charge in [0.25, 0.3) is 0 Å². The second-order valence-electron chi connectivity index (χ2n) is 8.07. The molecule has 2 aliphatic rings. The molecule has 1 aliphatic heterocycles. The zero-order valence-electron chi connectivity index (χ0n) is 15.8. The van der Waals surface area contributed by atoms with Crippen LogP contribution >= 0.6 is 0 Å². The highest BCUT2D eigenvalue weighted by Gasteiger charge is 2.65. The SMILES string of the molecule is CC1(C)[C@@H](C(=O)O)[C@@H]1C(=O)Nc1ccc(NC(=O)CN2CCCCC2)cc1. The minimum absolute atomic E-state index is 0.0438. The number of hydrogen-bond acceptors (Lipinski definition) is 4. The summed E-state index contributed by atoms with van der Waals surface area (Å²) in [5.41, 5.74) is 0.726. The molecular weight excluding hydrogens is 346 g/mol. The van der Waals surface area contributed by atoms with Crippen molar-refractivity contribution in [3.63, 3.8) is 0 Å². The third-order valence-electron chi connectivity index (χ3n) is 5.63. The number of aliphatic carboxylic acids is 1. The van der Waals surface area contributed by atoms with Crippen LogP contribution < -0.4 is 10.6 Å². The van der Waals surface area contributed by atoms with Crippen molar-refractivity contribution in [2.45, 2.75) is 33.1 Å². The van der Waals surface area contributed by atoms with Crippen LogP contribution in [0.15, 0.2) is 24.3 Å². The van der Waals surface area contributed by atoms with Crippen molar-refractivity contribution in [3.8, 4) is 0 Å². The molecule has 7 nitrogen and oxygen atoms in total. The number of rotatable bonds is 6. The van der Waals surface area contributed by atoms with Gasteiger partial charge in [0.05, 0.1) is 18.4 Å². The predicted molar refractivity (Wildman–Crippen MR) is 102 cm³/mol. The van der Waals surface area contributed by atoms with E-state index in [4.69, 9.17) is 0 Å². The molecule has 0 bridgehead atoms. The molecular formula is C20H27N3O4. The minimum atomic E-state index is -0.938. The zero-order chi connectivity index (χ0) is 19.6. The minimum Gasteiger partial charge on any atom is -0.481 e. The lowest BCUT2D eigenvalue weighted by molar-refractivity contribution is -0.140. The molecule has 0 radical (unpaired) electrons. The number of carbonyl (C=O) groups excluding carboxylic acids is 2. The van der Waals surface area contributed by atoms with Crippen molar-refractivity contribution in [1.82, 2.24) is 4.90 Å². The summed E-state index contributed by atoms with van der Waals surface area (Å²) in [7, 11) is 0. The number of carbonyl (C=O) groups is 3. The molecule has 146 valence electrons. The monoisotopic (exact) mass is 373 g/mol. The highest BCUT2D eigenvalue weighted by Crippen LogP contribution is 2.58. The molecule has 27 heavy (non-hydrogen) atoms. The molecule has 3 N–H and O–H groups in total. The van der Waals surface area contributed by atoms with E-state index in [-0.39, 0.29) is 11.8 Å². The smallest absolute Gasteiger partial charge is 0.307 e. The van der Waals surface area contributed by atoms with E-state index in [1.54, 1.807) is 38.1 Å². The topological polar surface area (TPSA) is 98.7 Å². The molecule has 1 aromatic carbocycles. The van der Waals surface area contributed by atoms with Crippen molar-refractivity contribution >= 4 is 29.2 Å². The number of anilines is 2. The number of benzene rings is 1. The summed E-state index contributed by atoms with van der Waals surface area (Å²) in [4.78, 5) is 37.8. The van der Waals surface area contributed by atoms with Crippen LogP contribution in [-0.2, 0) is 14.4 Å². The summed E-state index contributed by atoms with van der Waals surface area (Å²) in [6.45, 7) is 5.90. The first-order chi connectivity index (χ1) is 12.8. The number of amides is 2. The zero-order valence-corrected chi connectivity index (χ0v) is 15.8. The maximum Gasteiger partial charge on any atom is 0.307 e. The van der Waals surface area contributed by atoms with E-state index in [1.807, 2.05) is 0 Å². The standard InChI is InChI=1S/C20H27N3O4/c1-20(2)16(17(20)19(26)27)18(25)22-14-8-6-13(7-9-14)21-15(24)12-23-10-4-3-5-11-23/h6-9,16-17H,3-5,10-12H2,1-2H3,(H,21,24)(H,22,25)(H,26,27)/t16-,17-/m1/s1. The molecule has 1 saturated heterocycles. The summed E-state index contributed by atoms with van der Waals surface area (Å²) < 4.78 is 0. The van der Waals surface area contributed by atoms with Crippen LogP contribution in [0.4, 0.5) is 11.4 Å². The van der Waals surface area contributed by atoms with Crippen LogP contribution in [0, 0.1) is 17.3 Å². The lowest BCUT2D eigenvalue weighted by Gasteiger charge is -2.25. The van der Waals surface area contributed by atoms with Gasteiger partial charge in [-0.3, -0.25) is 19.3 Å². The van der Waals surface area contributed by atoms with Crippen LogP contribution in [-0.4, -0.2) is 47.4 Å². The number of hydrogen-bond donors (Lipinski definition) is 3. The van der Waals surface area contributed by atoms with Gasteiger partial charge >= 0.3 is 5.97 Å². The van der Waals surface area contributed by atoms with E-state index in [2.05, 4.69) is 15.5 Å². The van der Waals surface area contributed by atoms with Gasteiger partial charge in [-0.05, 0) is 55.6 Å². The molecule has 0 aromatic heterocycles. The summed E-state index contributed by atoms with van der Waals surface area (Å²) in [6.07, 6.45) is 3.51. The Bertz CT molecular complexity index is 723. The molecule has 1 heterocycles. The Kier molecular flexibility index (Phi) is 5.51. The van der Waals surface area contributed by atoms with E-state index in [0.29, 0.717) is 17.9 Å². The van der Waals surface area contributed by atoms with Crippen molar-refractivity contribution in [1.29, 1.82) is 0 Å². The quantitative estimate of drug-likeness (QED) is 0.711. The summed E-state index contributed by atoms with van der Waals surface area (Å²) >= 11 is 0. The lowest BCUT2D eigenvalue weighted by atomic mass is 10.1. The maximum absolute atomic E-state index is 12.3. The van der Waals surface area contributed by atoms with Gasteiger partial charge < -0.3 is 15.7 Å². The van der Waals surface area contributed by atoms with E-state index in [0.717, 1.165) is 25.9 Å². The summed E-state index contributed by atoms with van der Waals surface area (Å²) in [6, 6.07) is 6.88. The van der Waals surface area contributed by atoms with Crippen molar-refractivity contribution in [2.24, 2.45) is 17.3 Å². The number of carboxylic acids is 1. The van der Waals surface area contributed by atoms with Crippen LogP contribution in [0.25, 0.3) is 0 Å². The van der Waals surface area contributed by atoms with Gasteiger partial charge in [0.1, 0.15) is 0 Å². The number of nitrogens with zero attached hydrogens (tertiary/aromatic N) is 1. The molecule has 1 saturated carbocycles. The Balaban J connectivity index is 1.51. The van der Waals surface area contributed by atoms with Gasteiger partial charge in [-0.1, -0.05) is 20.3 Å². The highest BCUT2D eigenvalue weighted by atomic mass is 16.4. The number of piperidine rings is 1. The van der Waals surface area contributed by atoms with E-state index >= 15 is 0 Å². The van der Waals surface area contributed by atoms with Gasteiger partial charge in [0.2, 0.25) is 11.8 Å². The van der Waals surface area contributed by atoms with Crippen molar-refractivity contribution < 1.29 is 19.5 Å². The van der Waals surface area contributed by atoms with Crippen molar-refractivity contribution in [3.05, 3.63) is 24.3 Å². The largest absolute Gasteiger partial charge is 0.481 e. The molecule has 2 fully saturated rings. The second kappa shape index (κ2) is 7.68. The molecule has 1 aliphatic carbocycles. The normalized spacial score (nSPS) is 24.1. The van der Waals surface area contributed by atoms with E-state index < -0.39 is 23.2 Å². The number of nitrogens with one attached hydrogen (secondary N) is 2. The van der Waals surface area contributed by atoms with Crippen molar-refractivity contribution in [2.75, 3.05) is 30.3 Å². The highest BCUT2D eigenvalue weighted by molar-refractivity contribution is 6.00. The molecule has 3 rings (SSSR count). The molecule has 2 atom stereocenters. The van der Waals surface area contributed by atoms with Crippen LogP contribution in [0.5, 0.6) is 0 Å². The fraction of sp³-hybridized carbons (Fsp3) is 0.550. The fourth-order valence-corrected chi connectivity index (χ4v) is 3.97. The first kappa shape index (κ1) is 19.4. The van der Waals surface area contributed by atoms with Crippen LogP contribution in [0.2, 0.25) is 0 Å². The van der Waals surface area contributed by atoms with Gasteiger partial charge in [-0.25, -0.2) is 0 Å². The summed E-state index contributed by atoms with van der Waals surface area (Å²) in [5, 5.41) is 14.8. The Labute approximate surface area is 159 Å². The molecule has 2 amide bonds. The van der Waals surface area contributed by atoms with Crippen LogP contribution in [0.3, 0.4) is 0 Å². The van der Waals surface area contributed by atoms with Gasteiger partial charge in [-0.15, -0.1) is 0 Å². The number of likely N-dealkylation sites (tertiary alicyclic amines) is 1. The number of carboxylic acid groups (broad SMARTS) is 1.